The van der Waals surface area contributed by atoms with Crippen molar-refractivity contribution in [2.75, 3.05) is 36.8 Å². The van der Waals surface area contributed by atoms with Crippen LogP contribution in [0.25, 0.3) is 21.9 Å². The van der Waals surface area contributed by atoms with Gasteiger partial charge >= 0.3 is 0 Å². The maximum atomic E-state index is 12.7. The smallest absolute Gasteiger partial charge is 0.266 e. The van der Waals surface area contributed by atoms with Gasteiger partial charge in [-0.1, -0.05) is 23.4 Å². The van der Waals surface area contributed by atoms with Gasteiger partial charge in [-0.2, -0.15) is 10.2 Å². The standard InChI is InChI=1S/C21H16ClN5O3S2/c22-13-3-4-17-14(10-13)25-21(32-17)31-12-18(28)26-5-7-27(8-6-26)20-15(11-23)24-19(30-20)16-2-1-9-29-16/h1-4,9-10H,5-8,12H2. The Morgan fingerprint density at radius 2 is 2.09 bits per heavy atom. The Hall–Kier alpha value is -3.00. The summed E-state index contributed by atoms with van der Waals surface area (Å²) in [4.78, 5) is 25.2. The molecule has 1 amide bonds. The lowest BCUT2D eigenvalue weighted by molar-refractivity contribution is -0.128. The highest BCUT2D eigenvalue weighted by molar-refractivity contribution is 8.01. The lowest BCUT2D eigenvalue weighted by atomic mass is 10.3. The molecule has 0 radical (unpaired) electrons. The lowest BCUT2D eigenvalue weighted by Gasteiger charge is -2.34. The predicted molar refractivity (Wildman–Crippen MR) is 123 cm³/mol. The van der Waals surface area contributed by atoms with Gasteiger partial charge in [0, 0.05) is 31.2 Å². The van der Waals surface area contributed by atoms with E-state index in [0.29, 0.717) is 48.6 Å². The number of thioether (sulfide) groups is 1. The molecule has 0 aliphatic carbocycles. The van der Waals surface area contributed by atoms with Crippen molar-refractivity contribution in [1.29, 1.82) is 5.26 Å². The number of nitriles is 1. The van der Waals surface area contributed by atoms with E-state index in [4.69, 9.17) is 20.4 Å². The van der Waals surface area contributed by atoms with E-state index in [1.807, 2.05) is 28.0 Å². The molecule has 0 bridgehead atoms. The fraction of sp³-hybridized carbons (Fsp3) is 0.238. The summed E-state index contributed by atoms with van der Waals surface area (Å²) in [5, 5.41) is 10.1. The van der Waals surface area contributed by atoms with Gasteiger partial charge in [0.15, 0.2) is 10.1 Å². The van der Waals surface area contributed by atoms with Crippen LogP contribution in [-0.2, 0) is 4.79 Å². The normalized spacial score (nSPS) is 14.1. The van der Waals surface area contributed by atoms with Crippen molar-refractivity contribution in [3.8, 4) is 17.7 Å². The van der Waals surface area contributed by atoms with Crippen LogP contribution in [0.5, 0.6) is 0 Å². The summed E-state index contributed by atoms with van der Waals surface area (Å²) in [5.41, 5.74) is 1.06. The van der Waals surface area contributed by atoms with Crippen molar-refractivity contribution < 1.29 is 13.6 Å². The minimum absolute atomic E-state index is 0.0567. The number of hydrogen-bond donors (Lipinski definition) is 0. The van der Waals surface area contributed by atoms with E-state index in [2.05, 4.69) is 16.0 Å². The number of carbonyl (C=O) groups excluding carboxylic acids is 1. The number of nitrogens with zero attached hydrogens (tertiary/aromatic N) is 5. The number of anilines is 1. The fourth-order valence-corrected chi connectivity index (χ4v) is 5.54. The average Bonchev–Trinajstić information content (AvgIpc) is 3.56. The molecular formula is C21H16ClN5O3S2. The van der Waals surface area contributed by atoms with E-state index in [9.17, 15) is 10.1 Å². The molecule has 32 heavy (non-hydrogen) atoms. The Morgan fingerprint density at radius 1 is 1.25 bits per heavy atom. The Kier molecular flexibility index (Phi) is 5.78. The molecule has 0 spiro atoms. The molecule has 4 heterocycles. The third-order valence-corrected chi connectivity index (χ3v) is 7.42. The van der Waals surface area contributed by atoms with Crippen molar-refractivity contribution >= 4 is 56.7 Å². The van der Waals surface area contributed by atoms with Crippen LogP contribution in [0.3, 0.4) is 0 Å². The van der Waals surface area contributed by atoms with Crippen LogP contribution >= 0.6 is 34.7 Å². The van der Waals surface area contributed by atoms with Gasteiger partial charge in [-0.25, -0.2) is 4.98 Å². The van der Waals surface area contributed by atoms with Crippen molar-refractivity contribution in [2.24, 2.45) is 0 Å². The summed E-state index contributed by atoms with van der Waals surface area (Å²) >= 11 is 9.01. The molecule has 1 aliphatic heterocycles. The maximum absolute atomic E-state index is 12.7. The van der Waals surface area contributed by atoms with E-state index in [1.54, 1.807) is 23.5 Å². The van der Waals surface area contributed by atoms with Gasteiger partial charge in [-0.3, -0.25) is 4.79 Å². The number of halogens is 1. The third kappa shape index (κ3) is 4.19. The SMILES string of the molecule is N#Cc1nc(-c2ccco2)oc1N1CCN(C(=O)CSc2nc3cc(Cl)ccc3s2)CC1. The van der Waals surface area contributed by atoms with Gasteiger partial charge in [0.1, 0.15) is 6.07 Å². The first-order valence-corrected chi connectivity index (χ1v) is 11.9. The van der Waals surface area contributed by atoms with Crippen molar-refractivity contribution in [3.63, 3.8) is 0 Å². The summed E-state index contributed by atoms with van der Waals surface area (Å²) in [7, 11) is 0. The second kappa shape index (κ2) is 8.86. The molecule has 0 saturated carbocycles. The van der Waals surface area contributed by atoms with Crippen LogP contribution in [0.15, 0.2) is 49.8 Å². The Morgan fingerprint density at radius 3 is 2.84 bits per heavy atom. The Bertz CT molecular complexity index is 1300. The first-order chi connectivity index (χ1) is 15.6. The number of furan rings is 1. The van der Waals surface area contributed by atoms with E-state index in [-0.39, 0.29) is 17.5 Å². The number of rotatable bonds is 5. The van der Waals surface area contributed by atoms with Gasteiger partial charge in [-0.15, -0.1) is 11.3 Å². The molecule has 0 atom stereocenters. The van der Waals surface area contributed by atoms with Crippen LogP contribution in [-0.4, -0.2) is 52.7 Å². The average molecular weight is 486 g/mol. The van der Waals surface area contributed by atoms with E-state index in [1.165, 1.54) is 18.0 Å². The van der Waals surface area contributed by atoms with Gasteiger partial charge in [-0.05, 0) is 30.3 Å². The molecule has 1 aromatic carbocycles. The molecule has 4 aromatic rings. The Labute approximate surface area is 196 Å². The molecule has 0 N–H and O–H groups in total. The fourth-order valence-electron chi connectivity index (χ4n) is 3.42. The molecule has 8 nitrogen and oxygen atoms in total. The molecule has 11 heteroatoms. The topological polar surface area (TPSA) is 99.4 Å². The number of aromatic nitrogens is 2. The maximum Gasteiger partial charge on any atom is 0.266 e. The van der Waals surface area contributed by atoms with Crippen LogP contribution in [0.2, 0.25) is 5.02 Å². The van der Waals surface area contributed by atoms with E-state index < -0.39 is 0 Å². The molecule has 5 rings (SSSR count). The summed E-state index contributed by atoms with van der Waals surface area (Å²) in [6, 6.07) is 11.1. The minimum atomic E-state index is 0.0567. The predicted octanol–water partition coefficient (Wildman–Crippen LogP) is 4.51. The summed E-state index contributed by atoms with van der Waals surface area (Å²) in [6.45, 7) is 2.18. The lowest BCUT2D eigenvalue weighted by Crippen LogP contribution is -2.49. The highest BCUT2D eigenvalue weighted by atomic mass is 35.5. The van der Waals surface area contributed by atoms with Gasteiger partial charge in [0.25, 0.3) is 5.89 Å². The number of thiazole rings is 1. The zero-order valence-electron chi connectivity index (χ0n) is 16.7. The Balaban J connectivity index is 1.19. The number of piperazine rings is 1. The highest BCUT2D eigenvalue weighted by Crippen LogP contribution is 2.32. The van der Waals surface area contributed by atoms with Crippen LogP contribution in [0.4, 0.5) is 5.88 Å². The summed E-state index contributed by atoms with van der Waals surface area (Å²) in [6.07, 6.45) is 1.52. The molecule has 0 unspecified atom stereocenters. The van der Waals surface area contributed by atoms with Crippen molar-refractivity contribution in [3.05, 3.63) is 47.3 Å². The number of carbonyl (C=O) groups is 1. The van der Waals surface area contributed by atoms with Gasteiger partial charge in [0.05, 0.1) is 22.2 Å². The molecule has 3 aromatic heterocycles. The highest BCUT2D eigenvalue weighted by Gasteiger charge is 2.27. The van der Waals surface area contributed by atoms with Crippen molar-refractivity contribution in [1.82, 2.24) is 14.9 Å². The van der Waals surface area contributed by atoms with Crippen LogP contribution in [0.1, 0.15) is 5.69 Å². The zero-order chi connectivity index (χ0) is 22.1. The largest absolute Gasteiger partial charge is 0.459 e. The van der Waals surface area contributed by atoms with Crippen LogP contribution < -0.4 is 4.90 Å². The molecular weight excluding hydrogens is 470 g/mol. The van der Waals surface area contributed by atoms with Gasteiger partial charge in [0.2, 0.25) is 17.5 Å². The molecule has 1 aliphatic rings. The first kappa shape index (κ1) is 20.9. The van der Waals surface area contributed by atoms with Crippen molar-refractivity contribution in [2.45, 2.75) is 4.34 Å². The minimum Gasteiger partial charge on any atom is -0.459 e. The van der Waals surface area contributed by atoms with E-state index >= 15 is 0 Å². The second-order valence-electron chi connectivity index (χ2n) is 7.01. The molecule has 1 saturated heterocycles. The molecule has 1 fully saturated rings. The number of amides is 1. The quantitative estimate of drug-likeness (QED) is 0.381. The summed E-state index contributed by atoms with van der Waals surface area (Å²) in [5.74, 6) is 1.53. The summed E-state index contributed by atoms with van der Waals surface area (Å²) < 4.78 is 13.0. The second-order valence-corrected chi connectivity index (χ2v) is 9.70. The number of oxazole rings is 1. The van der Waals surface area contributed by atoms with Crippen LogP contribution in [0, 0.1) is 11.3 Å². The molecule has 162 valence electrons. The number of fused-ring (bicyclic) bond motifs is 1. The van der Waals surface area contributed by atoms with E-state index in [0.717, 1.165) is 14.6 Å². The monoisotopic (exact) mass is 485 g/mol. The third-order valence-electron chi connectivity index (χ3n) is 5.02. The zero-order valence-corrected chi connectivity index (χ0v) is 19.0. The van der Waals surface area contributed by atoms with Gasteiger partial charge < -0.3 is 18.6 Å². The first-order valence-electron chi connectivity index (χ1n) is 9.77. The number of hydrogen-bond acceptors (Lipinski definition) is 9. The number of benzene rings is 1.